The van der Waals surface area contributed by atoms with Gasteiger partial charge in [0, 0.05) is 32.2 Å². The van der Waals surface area contributed by atoms with Crippen molar-refractivity contribution in [1.29, 1.82) is 0 Å². The Bertz CT molecular complexity index is 309. The van der Waals surface area contributed by atoms with E-state index in [-0.39, 0.29) is 17.9 Å². The van der Waals surface area contributed by atoms with Crippen LogP contribution in [0.15, 0.2) is 0 Å². The topological polar surface area (TPSA) is 52.6 Å². The number of amides is 1. The highest BCUT2D eigenvalue weighted by Crippen LogP contribution is 2.51. The molecule has 0 aromatic rings. The van der Waals surface area contributed by atoms with Crippen LogP contribution in [-0.2, 0) is 4.79 Å². The van der Waals surface area contributed by atoms with Crippen LogP contribution < -0.4 is 5.32 Å². The summed E-state index contributed by atoms with van der Waals surface area (Å²) >= 11 is 0. The molecule has 3 fully saturated rings. The quantitative estimate of drug-likeness (QED) is 0.723. The summed E-state index contributed by atoms with van der Waals surface area (Å²) in [4.78, 5) is 14.4. The molecule has 2 aliphatic heterocycles. The van der Waals surface area contributed by atoms with Crippen LogP contribution in [0, 0.1) is 17.3 Å². The van der Waals surface area contributed by atoms with Gasteiger partial charge in [0.25, 0.3) is 0 Å². The van der Waals surface area contributed by atoms with Crippen LogP contribution in [0.25, 0.3) is 0 Å². The fourth-order valence-corrected chi connectivity index (χ4v) is 3.77. The molecule has 4 nitrogen and oxygen atoms in total. The lowest BCUT2D eigenvalue weighted by atomic mass is 9.63. The van der Waals surface area contributed by atoms with E-state index in [0.717, 1.165) is 32.6 Å². The lowest BCUT2D eigenvalue weighted by Crippen LogP contribution is -2.40. The summed E-state index contributed by atoms with van der Waals surface area (Å²) in [5, 5.41) is 12.7. The van der Waals surface area contributed by atoms with Gasteiger partial charge in [-0.3, -0.25) is 4.79 Å². The van der Waals surface area contributed by atoms with Gasteiger partial charge in [0.2, 0.25) is 5.91 Å². The molecule has 2 N–H and O–H groups in total. The third-order valence-electron chi connectivity index (χ3n) is 5.10. The number of aliphatic hydroxyl groups excluding tert-OH is 1. The molecule has 3 rings (SSSR count). The number of rotatable bonds is 2. The van der Waals surface area contributed by atoms with Gasteiger partial charge in [-0.1, -0.05) is 6.42 Å². The predicted octanol–water partition coefficient (Wildman–Crippen LogP) is 0.217. The lowest BCUT2D eigenvalue weighted by Gasteiger charge is -2.42. The monoisotopic (exact) mass is 238 g/mol. The molecule has 17 heavy (non-hydrogen) atoms. The normalized spacial score (nSPS) is 35.2. The van der Waals surface area contributed by atoms with Crippen LogP contribution in [0.3, 0.4) is 0 Å². The summed E-state index contributed by atoms with van der Waals surface area (Å²) in [5.41, 5.74) is 0.274. The Balaban J connectivity index is 1.67. The molecular weight excluding hydrogens is 216 g/mol. The first-order valence-electron chi connectivity index (χ1n) is 6.85. The van der Waals surface area contributed by atoms with Crippen molar-refractivity contribution in [3.63, 3.8) is 0 Å². The molecule has 4 heteroatoms. The van der Waals surface area contributed by atoms with Crippen molar-refractivity contribution in [2.24, 2.45) is 17.3 Å². The first-order chi connectivity index (χ1) is 8.25. The molecule has 0 radical (unpaired) electrons. The molecule has 96 valence electrons. The minimum absolute atomic E-state index is 0.185. The van der Waals surface area contributed by atoms with E-state index in [9.17, 15) is 9.90 Å². The fourth-order valence-electron chi connectivity index (χ4n) is 3.77. The van der Waals surface area contributed by atoms with E-state index >= 15 is 0 Å². The number of hydrogen-bond donors (Lipinski definition) is 2. The molecule has 0 aromatic carbocycles. The Morgan fingerprint density at radius 3 is 2.76 bits per heavy atom. The summed E-state index contributed by atoms with van der Waals surface area (Å²) in [7, 11) is 0. The summed E-state index contributed by atoms with van der Waals surface area (Å²) in [5.74, 6) is 0.830. The minimum atomic E-state index is 0.185. The van der Waals surface area contributed by atoms with Gasteiger partial charge in [-0.15, -0.1) is 0 Å². The minimum Gasteiger partial charge on any atom is -0.396 e. The summed E-state index contributed by atoms with van der Waals surface area (Å²) < 4.78 is 0. The molecule has 1 saturated carbocycles. The number of carbonyl (C=O) groups excluding carboxylic acids is 1. The highest BCUT2D eigenvalue weighted by Gasteiger charge is 2.51. The maximum atomic E-state index is 12.3. The molecular formula is C13H22N2O2. The van der Waals surface area contributed by atoms with Crippen LogP contribution in [0.5, 0.6) is 0 Å². The SMILES string of the molecule is O=C([C@@H]1CCNC1)N1C[C@@H](CO)C2(CCC2)C1. The van der Waals surface area contributed by atoms with Gasteiger partial charge in [0.1, 0.15) is 0 Å². The average Bonchev–Trinajstić information content (AvgIpc) is 2.94. The van der Waals surface area contributed by atoms with Gasteiger partial charge in [-0.25, -0.2) is 0 Å². The summed E-state index contributed by atoms with van der Waals surface area (Å²) in [6.07, 6.45) is 4.64. The predicted molar refractivity (Wildman–Crippen MR) is 64.4 cm³/mol. The van der Waals surface area contributed by atoms with Gasteiger partial charge in [-0.2, -0.15) is 0 Å². The zero-order valence-electron chi connectivity index (χ0n) is 10.3. The summed E-state index contributed by atoms with van der Waals surface area (Å²) in [6.45, 7) is 3.73. The maximum Gasteiger partial charge on any atom is 0.227 e. The number of nitrogens with zero attached hydrogens (tertiary/aromatic N) is 1. The molecule has 3 aliphatic rings. The van der Waals surface area contributed by atoms with E-state index in [1.807, 2.05) is 4.90 Å². The first kappa shape index (κ1) is 11.5. The molecule has 0 unspecified atom stereocenters. The smallest absolute Gasteiger partial charge is 0.227 e. The number of aliphatic hydroxyl groups is 1. The molecule has 2 heterocycles. The number of carbonyl (C=O) groups is 1. The zero-order chi connectivity index (χ0) is 11.9. The van der Waals surface area contributed by atoms with Gasteiger partial charge in [0.15, 0.2) is 0 Å². The standard InChI is InChI=1S/C13H22N2O2/c16-8-11-7-15(9-13(11)3-1-4-13)12(17)10-2-5-14-6-10/h10-11,14,16H,1-9H2/t10-,11+/m1/s1. The van der Waals surface area contributed by atoms with Crippen LogP contribution in [-0.4, -0.2) is 48.7 Å². The van der Waals surface area contributed by atoms with Crippen LogP contribution in [0.1, 0.15) is 25.7 Å². The van der Waals surface area contributed by atoms with Crippen molar-refractivity contribution < 1.29 is 9.90 Å². The third kappa shape index (κ3) is 1.78. The van der Waals surface area contributed by atoms with Crippen LogP contribution >= 0.6 is 0 Å². The molecule has 2 saturated heterocycles. The second kappa shape index (κ2) is 4.25. The van der Waals surface area contributed by atoms with Crippen LogP contribution in [0.4, 0.5) is 0 Å². The molecule has 0 aromatic heterocycles. The van der Waals surface area contributed by atoms with Crippen LogP contribution in [0.2, 0.25) is 0 Å². The highest BCUT2D eigenvalue weighted by molar-refractivity contribution is 5.79. The van der Waals surface area contributed by atoms with Crippen molar-refractivity contribution in [3.8, 4) is 0 Å². The van der Waals surface area contributed by atoms with Crippen molar-refractivity contribution in [3.05, 3.63) is 0 Å². The van der Waals surface area contributed by atoms with Crippen molar-refractivity contribution >= 4 is 5.91 Å². The summed E-state index contributed by atoms with van der Waals surface area (Å²) in [6, 6.07) is 0. The number of hydrogen-bond acceptors (Lipinski definition) is 3. The second-order valence-corrected chi connectivity index (χ2v) is 6.00. The first-order valence-corrected chi connectivity index (χ1v) is 6.85. The lowest BCUT2D eigenvalue weighted by molar-refractivity contribution is -0.134. The molecule has 2 atom stereocenters. The van der Waals surface area contributed by atoms with E-state index in [1.165, 1.54) is 19.3 Å². The Kier molecular flexibility index (Phi) is 2.87. The average molecular weight is 238 g/mol. The molecule has 0 bridgehead atoms. The maximum absolute atomic E-state index is 12.3. The van der Waals surface area contributed by atoms with Crippen molar-refractivity contribution in [2.45, 2.75) is 25.7 Å². The van der Waals surface area contributed by atoms with E-state index in [2.05, 4.69) is 5.32 Å². The second-order valence-electron chi connectivity index (χ2n) is 6.00. The Labute approximate surface area is 102 Å². The third-order valence-corrected chi connectivity index (χ3v) is 5.10. The Hall–Kier alpha value is -0.610. The van der Waals surface area contributed by atoms with E-state index in [4.69, 9.17) is 0 Å². The Morgan fingerprint density at radius 1 is 1.47 bits per heavy atom. The van der Waals surface area contributed by atoms with Gasteiger partial charge in [-0.05, 0) is 31.2 Å². The number of likely N-dealkylation sites (tertiary alicyclic amines) is 1. The van der Waals surface area contributed by atoms with Gasteiger partial charge >= 0.3 is 0 Å². The Morgan fingerprint density at radius 2 is 2.29 bits per heavy atom. The highest BCUT2D eigenvalue weighted by atomic mass is 16.3. The molecule has 1 aliphatic carbocycles. The van der Waals surface area contributed by atoms with E-state index < -0.39 is 0 Å². The van der Waals surface area contributed by atoms with Gasteiger partial charge < -0.3 is 15.3 Å². The molecule has 1 spiro atoms. The van der Waals surface area contributed by atoms with Crippen molar-refractivity contribution in [2.75, 3.05) is 32.8 Å². The fraction of sp³-hybridized carbons (Fsp3) is 0.923. The zero-order valence-corrected chi connectivity index (χ0v) is 10.3. The van der Waals surface area contributed by atoms with E-state index in [1.54, 1.807) is 0 Å². The largest absolute Gasteiger partial charge is 0.396 e. The molecule has 1 amide bonds. The van der Waals surface area contributed by atoms with Gasteiger partial charge in [0.05, 0.1) is 5.92 Å². The number of nitrogens with one attached hydrogen (secondary N) is 1. The van der Waals surface area contributed by atoms with E-state index in [0.29, 0.717) is 11.8 Å². The van der Waals surface area contributed by atoms with Crippen molar-refractivity contribution in [1.82, 2.24) is 10.2 Å².